The zero-order valence-electron chi connectivity index (χ0n) is 21.0. The summed E-state index contributed by atoms with van der Waals surface area (Å²) in [6.07, 6.45) is 5.96. The van der Waals surface area contributed by atoms with Gasteiger partial charge in [0.1, 0.15) is 11.5 Å². The topological polar surface area (TPSA) is 71.8 Å². The van der Waals surface area contributed by atoms with Gasteiger partial charge >= 0.3 is 0 Å². The van der Waals surface area contributed by atoms with Crippen molar-refractivity contribution in [3.8, 4) is 5.75 Å². The molecular formula is C30H34N2O4. The van der Waals surface area contributed by atoms with E-state index in [1.54, 1.807) is 19.3 Å². The third-order valence-corrected chi connectivity index (χ3v) is 7.39. The average molecular weight is 487 g/mol. The molecule has 1 aliphatic carbocycles. The minimum atomic E-state index is -0.671. The first-order valence-corrected chi connectivity index (χ1v) is 13.0. The summed E-state index contributed by atoms with van der Waals surface area (Å²) < 4.78 is 11.4. The van der Waals surface area contributed by atoms with Crippen molar-refractivity contribution in [2.24, 2.45) is 5.92 Å². The Labute approximate surface area is 212 Å². The Bertz CT molecular complexity index is 1210. The van der Waals surface area contributed by atoms with Crippen LogP contribution in [0.15, 0.2) is 65.3 Å². The second kappa shape index (κ2) is 10.6. The minimum Gasteiger partial charge on any atom is -0.481 e. The predicted octanol–water partition coefficient (Wildman–Crippen LogP) is 5.34. The third-order valence-electron chi connectivity index (χ3n) is 7.39. The molecule has 6 heteroatoms. The van der Waals surface area contributed by atoms with Crippen LogP contribution in [0.1, 0.15) is 66.7 Å². The standard InChI is InChI=1S/C30H34N2O4/c1-20-7-5-10-24(17-20)28-27-18-25(36-21(2)29(33)31-19-26-11-6-16-35-26)13-12-22(27)14-15-32(28)30(34)23-8-3-4-9-23/h5-7,10-13,16-18,21,23,28H,3-4,8-9,14-15,19H2,1-2H3,(H,31,33). The molecule has 0 bridgehead atoms. The van der Waals surface area contributed by atoms with E-state index in [2.05, 4.69) is 47.5 Å². The molecule has 188 valence electrons. The molecule has 2 heterocycles. The van der Waals surface area contributed by atoms with Crippen molar-refractivity contribution in [3.05, 3.63) is 88.9 Å². The van der Waals surface area contributed by atoms with Gasteiger partial charge < -0.3 is 19.4 Å². The van der Waals surface area contributed by atoms with Gasteiger partial charge in [0, 0.05) is 12.5 Å². The highest BCUT2D eigenvalue weighted by molar-refractivity contribution is 5.81. The molecule has 0 radical (unpaired) electrons. The summed E-state index contributed by atoms with van der Waals surface area (Å²) in [6, 6.07) is 17.9. The van der Waals surface area contributed by atoms with Gasteiger partial charge in [-0.15, -0.1) is 0 Å². The van der Waals surface area contributed by atoms with Crippen molar-refractivity contribution in [3.63, 3.8) is 0 Å². The molecule has 2 amide bonds. The Hall–Kier alpha value is -3.54. The predicted molar refractivity (Wildman–Crippen MR) is 137 cm³/mol. The number of carbonyl (C=O) groups excluding carboxylic acids is 2. The van der Waals surface area contributed by atoms with Crippen LogP contribution in [-0.2, 0) is 22.6 Å². The lowest BCUT2D eigenvalue weighted by Gasteiger charge is -2.39. The van der Waals surface area contributed by atoms with Crippen molar-refractivity contribution in [1.82, 2.24) is 10.2 Å². The van der Waals surface area contributed by atoms with E-state index in [9.17, 15) is 9.59 Å². The molecule has 5 rings (SSSR count). The van der Waals surface area contributed by atoms with Crippen LogP contribution >= 0.6 is 0 Å². The monoisotopic (exact) mass is 486 g/mol. The molecule has 1 aromatic heterocycles. The van der Waals surface area contributed by atoms with E-state index in [-0.39, 0.29) is 23.8 Å². The molecule has 2 atom stereocenters. The minimum absolute atomic E-state index is 0.121. The zero-order valence-corrected chi connectivity index (χ0v) is 21.0. The summed E-state index contributed by atoms with van der Waals surface area (Å²) in [5.41, 5.74) is 4.59. The fourth-order valence-electron chi connectivity index (χ4n) is 5.50. The Morgan fingerprint density at radius 2 is 1.94 bits per heavy atom. The number of benzene rings is 2. The Balaban J connectivity index is 1.40. The van der Waals surface area contributed by atoms with Gasteiger partial charge in [-0.25, -0.2) is 0 Å². The van der Waals surface area contributed by atoms with Crippen LogP contribution in [0.4, 0.5) is 0 Å². The van der Waals surface area contributed by atoms with Gasteiger partial charge in [0.05, 0.1) is 18.8 Å². The lowest BCUT2D eigenvalue weighted by atomic mass is 9.86. The molecule has 1 aliphatic heterocycles. The summed E-state index contributed by atoms with van der Waals surface area (Å²) in [5, 5.41) is 2.85. The summed E-state index contributed by atoms with van der Waals surface area (Å²) in [6.45, 7) is 4.86. The van der Waals surface area contributed by atoms with Crippen molar-refractivity contribution in [2.75, 3.05) is 6.54 Å². The number of carbonyl (C=O) groups is 2. The molecule has 1 N–H and O–H groups in total. The smallest absolute Gasteiger partial charge is 0.261 e. The number of fused-ring (bicyclic) bond motifs is 1. The Morgan fingerprint density at radius 1 is 1.11 bits per heavy atom. The maximum Gasteiger partial charge on any atom is 0.261 e. The number of rotatable bonds is 7. The van der Waals surface area contributed by atoms with Gasteiger partial charge in [0.25, 0.3) is 5.91 Å². The third kappa shape index (κ3) is 5.18. The molecule has 1 fully saturated rings. The van der Waals surface area contributed by atoms with Crippen molar-refractivity contribution in [2.45, 2.75) is 64.6 Å². The molecule has 2 unspecified atom stereocenters. The highest BCUT2D eigenvalue weighted by Crippen LogP contribution is 2.40. The Kier molecular flexibility index (Phi) is 7.12. The van der Waals surface area contributed by atoms with Crippen LogP contribution in [0.25, 0.3) is 0 Å². The average Bonchev–Trinajstić information content (AvgIpc) is 3.61. The van der Waals surface area contributed by atoms with E-state index >= 15 is 0 Å². The number of nitrogens with one attached hydrogen (secondary N) is 1. The van der Waals surface area contributed by atoms with Crippen LogP contribution in [-0.4, -0.2) is 29.4 Å². The maximum atomic E-state index is 13.6. The molecule has 0 spiro atoms. The molecule has 36 heavy (non-hydrogen) atoms. The van der Waals surface area contributed by atoms with E-state index < -0.39 is 6.10 Å². The number of furan rings is 1. The molecule has 2 aromatic carbocycles. The molecule has 1 saturated carbocycles. The molecular weight excluding hydrogens is 452 g/mol. The first kappa shape index (κ1) is 24.2. The second-order valence-electron chi connectivity index (χ2n) is 10.00. The van der Waals surface area contributed by atoms with Gasteiger partial charge in [-0.1, -0.05) is 48.7 Å². The number of hydrogen-bond acceptors (Lipinski definition) is 4. The number of nitrogens with zero attached hydrogens (tertiary/aromatic N) is 1. The molecule has 2 aliphatic rings. The lowest BCUT2D eigenvalue weighted by molar-refractivity contribution is -0.137. The van der Waals surface area contributed by atoms with E-state index in [0.29, 0.717) is 24.6 Å². The summed E-state index contributed by atoms with van der Waals surface area (Å²) in [5.74, 6) is 1.50. The molecule has 6 nitrogen and oxygen atoms in total. The summed E-state index contributed by atoms with van der Waals surface area (Å²) in [4.78, 5) is 28.3. The number of ether oxygens (including phenoxy) is 1. The maximum absolute atomic E-state index is 13.6. The van der Waals surface area contributed by atoms with Crippen LogP contribution in [0, 0.1) is 12.8 Å². The van der Waals surface area contributed by atoms with E-state index in [1.807, 2.05) is 18.2 Å². The fourth-order valence-corrected chi connectivity index (χ4v) is 5.50. The van der Waals surface area contributed by atoms with Gasteiger partial charge in [-0.2, -0.15) is 0 Å². The highest BCUT2D eigenvalue weighted by Gasteiger charge is 2.36. The van der Waals surface area contributed by atoms with Crippen LogP contribution < -0.4 is 10.1 Å². The number of amides is 2. The first-order valence-electron chi connectivity index (χ1n) is 13.0. The first-order chi connectivity index (χ1) is 17.5. The van der Waals surface area contributed by atoms with Crippen LogP contribution in [0.3, 0.4) is 0 Å². The summed E-state index contributed by atoms with van der Waals surface area (Å²) >= 11 is 0. The molecule has 0 saturated heterocycles. The van der Waals surface area contributed by atoms with Crippen LogP contribution in [0.2, 0.25) is 0 Å². The number of aryl methyl sites for hydroxylation is 1. The highest BCUT2D eigenvalue weighted by atomic mass is 16.5. The quantitative estimate of drug-likeness (QED) is 0.490. The van der Waals surface area contributed by atoms with Crippen LogP contribution in [0.5, 0.6) is 5.75 Å². The Morgan fingerprint density at radius 3 is 2.69 bits per heavy atom. The van der Waals surface area contributed by atoms with Crippen molar-refractivity contribution in [1.29, 1.82) is 0 Å². The van der Waals surface area contributed by atoms with Gasteiger partial charge in [0.15, 0.2) is 6.10 Å². The largest absolute Gasteiger partial charge is 0.481 e. The van der Waals surface area contributed by atoms with E-state index in [1.165, 1.54) is 11.1 Å². The van der Waals surface area contributed by atoms with E-state index in [0.717, 1.165) is 43.2 Å². The van der Waals surface area contributed by atoms with E-state index in [4.69, 9.17) is 9.15 Å². The zero-order chi connectivity index (χ0) is 25.1. The second-order valence-corrected chi connectivity index (χ2v) is 10.00. The number of hydrogen-bond donors (Lipinski definition) is 1. The lowest BCUT2D eigenvalue weighted by Crippen LogP contribution is -2.43. The normalized spacial score (nSPS) is 18.5. The van der Waals surface area contributed by atoms with Crippen molar-refractivity contribution < 1.29 is 18.7 Å². The van der Waals surface area contributed by atoms with Crippen molar-refractivity contribution >= 4 is 11.8 Å². The summed E-state index contributed by atoms with van der Waals surface area (Å²) in [7, 11) is 0. The van der Waals surface area contributed by atoms with Gasteiger partial charge in [-0.05, 0) is 74.1 Å². The van der Waals surface area contributed by atoms with Gasteiger partial charge in [0.2, 0.25) is 5.91 Å². The fraction of sp³-hybridized carbons (Fsp3) is 0.400. The van der Waals surface area contributed by atoms with Gasteiger partial charge in [-0.3, -0.25) is 9.59 Å². The molecule has 3 aromatic rings. The SMILES string of the molecule is Cc1cccc(C2c3cc(OC(C)C(=O)NCc4ccco4)ccc3CCN2C(=O)C2CCCC2)c1.